The van der Waals surface area contributed by atoms with Crippen LogP contribution in [0.5, 0.6) is 0 Å². The Labute approximate surface area is 116 Å². The average Bonchev–Trinajstić information content (AvgIpc) is 2.70. The number of nitrogens with zero attached hydrogens (tertiary/aromatic N) is 2. The van der Waals surface area contributed by atoms with E-state index in [-0.39, 0.29) is 17.3 Å². The molecule has 0 aliphatic carbocycles. The van der Waals surface area contributed by atoms with Crippen LogP contribution >= 0.6 is 0 Å². The summed E-state index contributed by atoms with van der Waals surface area (Å²) < 4.78 is 1.63. The molecular formula is C14H19N3O3. The molecule has 6 heteroatoms. The minimum absolute atomic E-state index is 0.00250. The summed E-state index contributed by atoms with van der Waals surface area (Å²) in [6.07, 6.45) is 0.817. The first-order chi connectivity index (χ1) is 9.40. The lowest BCUT2D eigenvalue weighted by Crippen LogP contribution is -2.24. The molecule has 108 valence electrons. The maximum atomic E-state index is 12.1. The number of carboxylic acid groups (broad SMARTS) is 1. The van der Waals surface area contributed by atoms with Crippen LogP contribution in [-0.4, -0.2) is 46.2 Å². The van der Waals surface area contributed by atoms with Gasteiger partial charge in [0.1, 0.15) is 0 Å². The number of carbonyl (C=O) groups is 1. The number of fused-ring (bicyclic) bond motifs is 1. The fourth-order valence-electron chi connectivity index (χ4n) is 2.27. The molecule has 0 saturated carbocycles. The predicted molar refractivity (Wildman–Crippen MR) is 77.4 cm³/mol. The summed E-state index contributed by atoms with van der Waals surface area (Å²) in [4.78, 5) is 27.9. The number of aromatic carboxylic acids is 1. The highest BCUT2D eigenvalue weighted by Crippen LogP contribution is 2.18. The maximum Gasteiger partial charge on any atom is 0.335 e. The first-order valence-electron chi connectivity index (χ1n) is 6.52. The van der Waals surface area contributed by atoms with Crippen molar-refractivity contribution in [3.8, 4) is 0 Å². The Morgan fingerprint density at radius 2 is 2.15 bits per heavy atom. The Morgan fingerprint density at radius 3 is 2.75 bits per heavy atom. The molecule has 0 amide bonds. The first kappa shape index (κ1) is 14.3. The topological polar surface area (TPSA) is 78.3 Å². The lowest BCUT2D eigenvalue weighted by atomic mass is 10.1. The maximum absolute atomic E-state index is 12.1. The second-order valence-corrected chi connectivity index (χ2v) is 5.28. The number of carboxylic acids is 1. The molecule has 0 spiro atoms. The van der Waals surface area contributed by atoms with E-state index in [0.29, 0.717) is 11.0 Å². The van der Waals surface area contributed by atoms with Gasteiger partial charge in [0.25, 0.3) is 0 Å². The highest BCUT2D eigenvalue weighted by molar-refractivity contribution is 5.92. The van der Waals surface area contributed by atoms with Crippen LogP contribution < -0.4 is 5.69 Å². The summed E-state index contributed by atoms with van der Waals surface area (Å²) in [6.45, 7) is 2.82. The van der Waals surface area contributed by atoms with E-state index >= 15 is 0 Å². The van der Waals surface area contributed by atoms with Crippen LogP contribution in [0.25, 0.3) is 11.0 Å². The van der Waals surface area contributed by atoms with Crippen molar-refractivity contribution in [1.29, 1.82) is 0 Å². The van der Waals surface area contributed by atoms with E-state index in [1.165, 1.54) is 6.07 Å². The van der Waals surface area contributed by atoms with Gasteiger partial charge in [0.05, 0.1) is 16.6 Å². The number of hydrogen-bond donors (Lipinski definition) is 2. The molecule has 0 aliphatic heterocycles. The van der Waals surface area contributed by atoms with Gasteiger partial charge in [-0.05, 0) is 52.2 Å². The molecule has 1 heterocycles. The Morgan fingerprint density at radius 1 is 1.45 bits per heavy atom. The van der Waals surface area contributed by atoms with E-state index in [4.69, 9.17) is 5.11 Å². The van der Waals surface area contributed by atoms with Crippen molar-refractivity contribution in [2.75, 3.05) is 20.6 Å². The smallest absolute Gasteiger partial charge is 0.335 e. The third-order valence-electron chi connectivity index (χ3n) is 3.40. The monoisotopic (exact) mass is 277 g/mol. The molecular weight excluding hydrogens is 258 g/mol. The van der Waals surface area contributed by atoms with E-state index in [9.17, 15) is 9.59 Å². The molecule has 2 rings (SSSR count). The Balaban J connectivity index is 2.45. The van der Waals surface area contributed by atoms with Crippen molar-refractivity contribution in [3.63, 3.8) is 0 Å². The van der Waals surface area contributed by atoms with Crippen LogP contribution in [0.3, 0.4) is 0 Å². The minimum Gasteiger partial charge on any atom is -0.478 e. The van der Waals surface area contributed by atoms with Crippen molar-refractivity contribution >= 4 is 17.0 Å². The number of rotatable bonds is 5. The largest absolute Gasteiger partial charge is 0.478 e. The molecule has 1 aromatic carbocycles. The van der Waals surface area contributed by atoms with E-state index < -0.39 is 5.97 Å². The van der Waals surface area contributed by atoms with Crippen LogP contribution in [0.2, 0.25) is 0 Å². The van der Waals surface area contributed by atoms with Gasteiger partial charge in [-0.15, -0.1) is 0 Å². The van der Waals surface area contributed by atoms with Gasteiger partial charge in [0.15, 0.2) is 0 Å². The third-order valence-corrected chi connectivity index (χ3v) is 3.40. The van der Waals surface area contributed by atoms with E-state index in [1.807, 2.05) is 21.0 Å². The molecule has 2 aromatic rings. The molecule has 0 aliphatic rings. The number of H-pyrrole nitrogens is 1. The van der Waals surface area contributed by atoms with Gasteiger partial charge in [-0.1, -0.05) is 0 Å². The summed E-state index contributed by atoms with van der Waals surface area (Å²) in [5.74, 6) is -0.993. The number of hydrogen-bond acceptors (Lipinski definition) is 3. The molecule has 20 heavy (non-hydrogen) atoms. The van der Waals surface area contributed by atoms with Crippen molar-refractivity contribution in [2.45, 2.75) is 19.4 Å². The highest BCUT2D eigenvalue weighted by Gasteiger charge is 2.15. The SMILES string of the molecule is CC(CCN(C)C)n1c(=O)[nH]c2ccc(C(=O)O)cc21. The second kappa shape index (κ2) is 5.50. The van der Waals surface area contributed by atoms with Gasteiger partial charge < -0.3 is 15.0 Å². The first-order valence-corrected chi connectivity index (χ1v) is 6.52. The number of aromatic amines is 1. The molecule has 6 nitrogen and oxygen atoms in total. The third kappa shape index (κ3) is 2.75. The molecule has 0 fully saturated rings. The lowest BCUT2D eigenvalue weighted by molar-refractivity contribution is 0.0697. The van der Waals surface area contributed by atoms with E-state index in [0.717, 1.165) is 13.0 Å². The zero-order valence-electron chi connectivity index (χ0n) is 11.9. The van der Waals surface area contributed by atoms with E-state index in [1.54, 1.807) is 16.7 Å². The Kier molecular flexibility index (Phi) is 3.94. The molecule has 1 atom stereocenters. The number of nitrogens with one attached hydrogen (secondary N) is 1. The predicted octanol–water partition coefficient (Wildman–Crippen LogP) is 1.54. The van der Waals surface area contributed by atoms with Crippen molar-refractivity contribution < 1.29 is 9.90 Å². The van der Waals surface area contributed by atoms with Gasteiger partial charge in [0, 0.05) is 6.04 Å². The highest BCUT2D eigenvalue weighted by atomic mass is 16.4. The summed E-state index contributed by atoms with van der Waals surface area (Å²) in [6, 6.07) is 4.68. The summed E-state index contributed by atoms with van der Waals surface area (Å²) in [7, 11) is 3.96. The van der Waals surface area contributed by atoms with Crippen molar-refractivity contribution in [1.82, 2.24) is 14.5 Å². The normalized spacial score (nSPS) is 13.0. The van der Waals surface area contributed by atoms with Gasteiger partial charge in [-0.3, -0.25) is 4.57 Å². The number of imidazole rings is 1. The Hall–Kier alpha value is -2.08. The van der Waals surface area contributed by atoms with Crippen LogP contribution in [0.15, 0.2) is 23.0 Å². The molecule has 2 N–H and O–H groups in total. The lowest BCUT2D eigenvalue weighted by Gasteiger charge is -2.16. The fourth-order valence-corrected chi connectivity index (χ4v) is 2.27. The fraction of sp³-hybridized carbons (Fsp3) is 0.429. The number of aromatic nitrogens is 2. The van der Waals surface area contributed by atoms with Gasteiger partial charge >= 0.3 is 11.7 Å². The van der Waals surface area contributed by atoms with Crippen LogP contribution in [0, 0.1) is 0 Å². The summed E-state index contributed by atoms with van der Waals surface area (Å²) in [5.41, 5.74) is 1.29. The molecule has 0 saturated heterocycles. The summed E-state index contributed by atoms with van der Waals surface area (Å²) >= 11 is 0. The number of benzene rings is 1. The Bertz CT molecular complexity index is 685. The molecule has 0 radical (unpaired) electrons. The average molecular weight is 277 g/mol. The van der Waals surface area contributed by atoms with E-state index in [2.05, 4.69) is 9.88 Å². The quantitative estimate of drug-likeness (QED) is 0.869. The molecule has 1 unspecified atom stereocenters. The van der Waals surface area contributed by atoms with Crippen LogP contribution in [0.1, 0.15) is 29.7 Å². The zero-order valence-corrected chi connectivity index (χ0v) is 11.9. The van der Waals surface area contributed by atoms with Crippen LogP contribution in [-0.2, 0) is 0 Å². The summed E-state index contributed by atoms with van der Waals surface area (Å²) in [5, 5.41) is 9.05. The van der Waals surface area contributed by atoms with Crippen LogP contribution in [0.4, 0.5) is 0 Å². The van der Waals surface area contributed by atoms with Gasteiger partial charge in [0.2, 0.25) is 0 Å². The molecule has 1 aromatic heterocycles. The zero-order chi connectivity index (χ0) is 14.9. The standard InChI is InChI=1S/C14H19N3O3/c1-9(6-7-16(2)3)17-12-8-10(13(18)19)4-5-11(12)15-14(17)20/h4-5,8-9H,6-7H2,1-3H3,(H,15,20)(H,18,19). The minimum atomic E-state index is -0.993. The van der Waals surface area contributed by atoms with Gasteiger partial charge in [-0.25, -0.2) is 9.59 Å². The van der Waals surface area contributed by atoms with Crippen molar-refractivity contribution in [3.05, 3.63) is 34.2 Å². The second-order valence-electron chi connectivity index (χ2n) is 5.28. The van der Waals surface area contributed by atoms with Crippen molar-refractivity contribution in [2.24, 2.45) is 0 Å². The van der Waals surface area contributed by atoms with Gasteiger partial charge in [-0.2, -0.15) is 0 Å². The molecule has 0 bridgehead atoms.